The highest BCUT2D eigenvalue weighted by Gasteiger charge is 2.13. The summed E-state index contributed by atoms with van der Waals surface area (Å²) in [6.07, 6.45) is 5.17. The molecule has 0 saturated heterocycles. The number of nitrogens with one attached hydrogen (secondary N) is 2. The number of aliphatic imine (C=N–C) groups is 1. The molecule has 0 amide bonds. The highest BCUT2D eigenvalue weighted by atomic mass is 32.2. The summed E-state index contributed by atoms with van der Waals surface area (Å²) >= 11 is 1.87. The molecular formula is C14H32N4O2S2. The number of guanidine groups is 1. The van der Waals surface area contributed by atoms with Crippen molar-refractivity contribution in [3.8, 4) is 0 Å². The minimum atomic E-state index is -3.08. The second-order valence-electron chi connectivity index (χ2n) is 4.96. The van der Waals surface area contributed by atoms with Gasteiger partial charge in [0.25, 0.3) is 0 Å². The van der Waals surface area contributed by atoms with Gasteiger partial charge in [0.05, 0.1) is 5.75 Å². The molecule has 0 saturated carbocycles. The quantitative estimate of drug-likeness (QED) is 0.315. The predicted molar refractivity (Wildman–Crippen MR) is 98.3 cm³/mol. The van der Waals surface area contributed by atoms with Crippen LogP contribution in [0.3, 0.4) is 0 Å². The van der Waals surface area contributed by atoms with E-state index >= 15 is 0 Å². The smallest absolute Gasteiger partial charge is 0.213 e. The van der Waals surface area contributed by atoms with Gasteiger partial charge in [-0.05, 0) is 45.1 Å². The molecule has 0 heterocycles. The van der Waals surface area contributed by atoms with Gasteiger partial charge < -0.3 is 10.6 Å². The second kappa shape index (κ2) is 13.0. The molecule has 0 aliphatic rings. The Balaban J connectivity index is 4.06. The lowest BCUT2D eigenvalue weighted by molar-refractivity contribution is 0.464. The molecule has 0 aliphatic carbocycles. The highest BCUT2D eigenvalue weighted by molar-refractivity contribution is 7.98. The first-order valence-corrected chi connectivity index (χ1v) is 10.9. The maximum Gasteiger partial charge on any atom is 0.213 e. The van der Waals surface area contributed by atoms with Crippen molar-refractivity contribution in [2.75, 3.05) is 51.0 Å². The Morgan fingerprint density at radius 2 is 1.91 bits per heavy atom. The van der Waals surface area contributed by atoms with Crippen LogP contribution in [0.1, 0.15) is 33.1 Å². The third-order valence-corrected chi connectivity index (χ3v) is 5.71. The lowest BCUT2D eigenvalue weighted by Crippen LogP contribution is -2.38. The van der Waals surface area contributed by atoms with Gasteiger partial charge >= 0.3 is 0 Å². The zero-order valence-corrected chi connectivity index (χ0v) is 16.0. The number of rotatable bonds is 12. The number of hydrogen-bond acceptors (Lipinski definition) is 4. The van der Waals surface area contributed by atoms with Crippen molar-refractivity contribution < 1.29 is 8.42 Å². The normalized spacial score (nSPS) is 12.7. The average molecular weight is 353 g/mol. The van der Waals surface area contributed by atoms with Gasteiger partial charge in [-0.15, -0.1) is 0 Å². The summed E-state index contributed by atoms with van der Waals surface area (Å²) in [5.74, 6) is 2.15. The zero-order chi connectivity index (χ0) is 16.8. The third kappa shape index (κ3) is 10.3. The molecule has 0 fully saturated rings. The number of thioether (sulfide) groups is 1. The van der Waals surface area contributed by atoms with Gasteiger partial charge in [-0.3, -0.25) is 4.99 Å². The topological polar surface area (TPSA) is 73.8 Å². The standard InChI is InChI=1S/C14H32N4O2S2/c1-5-15-14(16-10-7-8-13-21-4)17-11-9-12-18(3)22(19,20)6-2/h5-13H2,1-4H3,(H2,15,16,17). The van der Waals surface area contributed by atoms with Gasteiger partial charge in [-0.25, -0.2) is 12.7 Å². The molecule has 132 valence electrons. The van der Waals surface area contributed by atoms with Gasteiger partial charge in [0.1, 0.15) is 0 Å². The van der Waals surface area contributed by atoms with E-state index in [9.17, 15) is 8.42 Å². The lowest BCUT2D eigenvalue weighted by atomic mass is 10.3. The molecule has 0 bridgehead atoms. The molecule has 0 rings (SSSR count). The van der Waals surface area contributed by atoms with Crippen LogP contribution in [-0.4, -0.2) is 69.7 Å². The Morgan fingerprint density at radius 1 is 1.18 bits per heavy atom. The fraction of sp³-hybridized carbons (Fsp3) is 0.929. The number of nitrogens with zero attached hydrogens (tertiary/aromatic N) is 2. The predicted octanol–water partition coefficient (Wildman–Crippen LogP) is 1.36. The van der Waals surface area contributed by atoms with Crippen molar-refractivity contribution in [2.24, 2.45) is 4.99 Å². The van der Waals surface area contributed by atoms with Gasteiger partial charge in [0, 0.05) is 33.2 Å². The van der Waals surface area contributed by atoms with Crippen molar-refractivity contribution in [3.63, 3.8) is 0 Å². The molecule has 0 unspecified atom stereocenters. The van der Waals surface area contributed by atoms with Crippen LogP contribution in [0.15, 0.2) is 4.99 Å². The molecule has 2 N–H and O–H groups in total. The minimum Gasteiger partial charge on any atom is -0.357 e. The Morgan fingerprint density at radius 3 is 2.50 bits per heavy atom. The van der Waals surface area contributed by atoms with Gasteiger partial charge in [0.2, 0.25) is 10.0 Å². The summed E-state index contributed by atoms with van der Waals surface area (Å²) in [6, 6.07) is 0. The minimum absolute atomic E-state index is 0.146. The average Bonchev–Trinajstić information content (AvgIpc) is 2.50. The zero-order valence-electron chi connectivity index (χ0n) is 14.4. The van der Waals surface area contributed by atoms with E-state index in [4.69, 9.17) is 0 Å². The van der Waals surface area contributed by atoms with Crippen molar-refractivity contribution in [3.05, 3.63) is 0 Å². The van der Waals surface area contributed by atoms with Crippen molar-refractivity contribution >= 4 is 27.7 Å². The van der Waals surface area contributed by atoms with Crippen molar-refractivity contribution in [1.82, 2.24) is 14.9 Å². The Bertz CT molecular complexity index is 400. The Labute approximate surface area is 140 Å². The van der Waals surface area contributed by atoms with Crippen LogP contribution in [0.2, 0.25) is 0 Å². The van der Waals surface area contributed by atoms with Crippen LogP contribution in [0, 0.1) is 0 Å². The van der Waals surface area contributed by atoms with Crippen LogP contribution in [-0.2, 0) is 10.0 Å². The van der Waals surface area contributed by atoms with Gasteiger partial charge in [0.15, 0.2) is 5.96 Å². The highest BCUT2D eigenvalue weighted by Crippen LogP contribution is 1.99. The molecule has 8 heteroatoms. The molecule has 0 aliphatic heterocycles. The second-order valence-corrected chi connectivity index (χ2v) is 8.31. The molecular weight excluding hydrogens is 320 g/mol. The van der Waals surface area contributed by atoms with Gasteiger partial charge in [-0.2, -0.15) is 11.8 Å². The summed E-state index contributed by atoms with van der Waals surface area (Å²) in [5.41, 5.74) is 0. The third-order valence-electron chi connectivity index (χ3n) is 3.15. The van der Waals surface area contributed by atoms with E-state index in [1.807, 2.05) is 18.7 Å². The van der Waals surface area contributed by atoms with Crippen LogP contribution >= 0.6 is 11.8 Å². The molecule has 0 aromatic carbocycles. The van der Waals surface area contributed by atoms with Gasteiger partial charge in [-0.1, -0.05) is 0 Å². The van der Waals surface area contributed by atoms with E-state index in [1.54, 1.807) is 14.0 Å². The van der Waals surface area contributed by atoms with Crippen LogP contribution in [0.25, 0.3) is 0 Å². The van der Waals surface area contributed by atoms with E-state index < -0.39 is 10.0 Å². The van der Waals surface area contributed by atoms with E-state index in [1.165, 1.54) is 16.5 Å². The number of unbranched alkanes of at least 4 members (excludes halogenated alkanes) is 1. The Hall–Kier alpha value is -0.470. The molecule has 22 heavy (non-hydrogen) atoms. The first-order chi connectivity index (χ1) is 10.5. The maximum atomic E-state index is 11.6. The molecule has 0 atom stereocenters. The lowest BCUT2D eigenvalue weighted by Gasteiger charge is -2.15. The summed E-state index contributed by atoms with van der Waals surface area (Å²) in [5, 5.41) is 6.51. The maximum absolute atomic E-state index is 11.6. The monoisotopic (exact) mass is 352 g/mol. The van der Waals surface area contributed by atoms with Crippen molar-refractivity contribution in [1.29, 1.82) is 0 Å². The van der Waals surface area contributed by atoms with E-state index in [2.05, 4.69) is 21.9 Å². The van der Waals surface area contributed by atoms with Crippen LogP contribution in [0.4, 0.5) is 0 Å². The number of sulfonamides is 1. The Kier molecular flexibility index (Phi) is 12.7. The molecule has 0 aromatic rings. The van der Waals surface area contributed by atoms with E-state index in [0.29, 0.717) is 13.1 Å². The van der Waals surface area contributed by atoms with E-state index in [-0.39, 0.29) is 5.75 Å². The first-order valence-electron chi connectivity index (χ1n) is 7.93. The van der Waals surface area contributed by atoms with E-state index in [0.717, 1.165) is 31.9 Å². The summed E-state index contributed by atoms with van der Waals surface area (Å²) in [4.78, 5) is 4.48. The fourth-order valence-electron chi connectivity index (χ4n) is 1.76. The largest absolute Gasteiger partial charge is 0.357 e. The SMILES string of the molecule is CCNC(=NCCCN(C)S(=O)(=O)CC)NCCCCSC. The fourth-order valence-corrected chi connectivity index (χ4v) is 3.10. The van der Waals surface area contributed by atoms with Crippen LogP contribution in [0.5, 0.6) is 0 Å². The molecule has 0 aromatic heterocycles. The summed E-state index contributed by atoms with van der Waals surface area (Å²) in [7, 11) is -1.46. The molecule has 0 radical (unpaired) electrons. The van der Waals surface area contributed by atoms with Crippen molar-refractivity contribution in [2.45, 2.75) is 33.1 Å². The summed E-state index contributed by atoms with van der Waals surface area (Å²) in [6.45, 7) is 6.55. The molecule has 6 nitrogen and oxygen atoms in total. The molecule has 0 spiro atoms. The van der Waals surface area contributed by atoms with Crippen LogP contribution < -0.4 is 10.6 Å². The summed E-state index contributed by atoms with van der Waals surface area (Å²) < 4.78 is 24.7. The number of hydrogen-bond donors (Lipinski definition) is 2. The first kappa shape index (κ1) is 21.5.